The molecule has 2 amide bonds. The van der Waals surface area contributed by atoms with Gasteiger partial charge in [0.15, 0.2) is 5.82 Å². The molecule has 8 heteroatoms. The van der Waals surface area contributed by atoms with E-state index in [-0.39, 0.29) is 23.8 Å². The number of carbonyl (C=O) groups excluding carboxylic acids is 2. The third-order valence-electron chi connectivity index (χ3n) is 3.48. The number of aromatic nitrogens is 2. The maximum atomic E-state index is 12.3. The molecule has 0 atom stereocenters. The number of amides is 2. The molecule has 3 rings (SSSR count). The molecular weight excluding hydrogens is 356 g/mol. The van der Waals surface area contributed by atoms with Crippen molar-refractivity contribution in [2.45, 2.75) is 13.5 Å². The summed E-state index contributed by atoms with van der Waals surface area (Å²) in [5.74, 6) is -0.0419. The van der Waals surface area contributed by atoms with Gasteiger partial charge in [0.25, 0.3) is 11.8 Å². The van der Waals surface area contributed by atoms with Crippen molar-refractivity contribution >= 4 is 29.2 Å². The lowest BCUT2D eigenvalue weighted by molar-refractivity contribution is 0.0945. The standard InChI is InChI=1S/C18H15ClN4O3/c1-11-9-16(23-26-11)22-18(25)15-8-4-7-14(21-15)17(24)20-10-12-5-2-3-6-13(12)19/h2-9H,10H2,1H3,(H,20,24)(H,22,23,25). The molecule has 7 nitrogen and oxygen atoms in total. The zero-order valence-corrected chi connectivity index (χ0v) is 14.6. The topological polar surface area (TPSA) is 97.1 Å². The Hall–Kier alpha value is -3.19. The summed E-state index contributed by atoms with van der Waals surface area (Å²) >= 11 is 6.07. The number of halogens is 1. The first-order valence-electron chi connectivity index (χ1n) is 7.76. The Kier molecular flexibility index (Phi) is 5.28. The molecule has 2 heterocycles. The van der Waals surface area contributed by atoms with E-state index in [1.54, 1.807) is 25.1 Å². The fourth-order valence-electron chi connectivity index (χ4n) is 2.20. The van der Waals surface area contributed by atoms with Crippen molar-refractivity contribution < 1.29 is 14.1 Å². The predicted octanol–water partition coefficient (Wildman–Crippen LogP) is 3.21. The highest BCUT2D eigenvalue weighted by Crippen LogP contribution is 2.14. The normalized spacial score (nSPS) is 10.4. The lowest BCUT2D eigenvalue weighted by atomic mass is 10.2. The third kappa shape index (κ3) is 4.25. The number of benzene rings is 1. The largest absolute Gasteiger partial charge is 0.360 e. The van der Waals surface area contributed by atoms with E-state index in [1.807, 2.05) is 18.2 Å². The van der Waals surface area contributed by atoms with Gasteiger partial charge in [0.1, 0.15) is 17.1 Å². The number of hydrogen-bond acceptors (Lipinski definition) is 5. The molecule has 1 aromatic carbocycles. The molecule has 0 aliphatic carbocycles. The van der Waals surface area contributed by atoms with Gasteiger partial charge in [0.2, 0.25) is 0 Å². The van der Waals surface area contributed by atoms with E-state index in [4.69, 9.17) is 16.1 Å². The summed E-state index contributed by atoms with van der Waals surface area (Å²) in [7, 11) is 0. The van der Waals surface area contributed by atoms with E-state index in [0.29, 0.717) is 10.8 Å². The minimum Gasteiger partial charge on any atom is -0.360 e. The summed E-state index contributed by atoms with van der Waals surface area (Å²) < 4.78 is 4.89. The van der Waals surface area contributed by atoms with E-state index in [9.17, 15) is 9.59 Å². The van der Waals surface area contributed by atoms with Crippen molar-refractivity contribution in [2.24, 2.45) is 0 Å². The molecule has 0 aliphatic heterocycles. The van der Waals surface area contributed by atoms with Gasteiger partial charge in [-0.1, -0.05) is 41.0 Å². The van der Waals surface area contributed by atoms with Crippen molar-refractivity contribution in [1.29, 1.82) is 0 Å². The first-order chi connectivity index (χ1) is 12.5. The van der Waals surface area contributed by atoms with Gasteiger partial charge < -0.3 is 15.2 Å². The van der Waals surface area contributed by atoms with Crippen molar-refractivity contribution in [2.75, 3.05) is 5.32 Å². The second kappa shape index (κ2) is 7.79. The number of nitrogens with one attached hydrogen (secondary N) is 2. The minimum absolute atomic E-state index is 0.0936. The fraction of sp³-hybridized carbons (Fsp3) is 0.111. The summed E-state index contributed by atoms with van der Waals surface area (Å²) in [6, 6.07) is 13.4. The molecule has 26 heavy (non-hydrogen) atoms. The van der Waals surface area contributed by atoms with Gasteiger partial charge in [0, 0.05) is 17.6 Å². The predicted molar refractivity (Wildman–Crippen MR) is 96.1 cm³/mol. The number of hydrogen-bond donors (Lipinski definition) is 2. The highest BCUT2D eigenvalue weighted by Gasteiger charge is 2.14. The van der Waals surface area contributed by atoms with Crippen LogP contribution in [0.25, 0.3) is 0 Å². The smallest absolute Gasteiger partial charge is 0.275 e. The van der Waals surface area contributed by atoms with Crippen LogP contribution < -0.4 is 10.6 Å². The molecule has 0 aliphatic rings. The minimum atomic E-state index is -0.487. The van der Waals surface area contributed by atoms with Crippen LogP contribution >= 0.6 is 11.6 Å². The second-order valence-electron chi connectivity index (χ2n) is 5.46. The van der Waals surface area contributed by atoms with Crippen LogP contribution in [0.15, 0.2) is 53.1 Å². The van der Waals surface area contributed by atoms with Gasteiger partial charge >= 0.3 is 0 Å². The fourth-order valence-corrected chi connectivity index (χ4v) is 2.40. The van der Waals surface area contributed by atoms with Crippen molar-refractivity contribution in [3.63, 3.8) is 0 Å². The number of anilines is 1. The van der Waals surface area contributed by atoms with Crippen molar-refractivity contribution in [1.82, 2.24) is 15.5 Å². The third-order valence-corrected chi connectivity index (χ3v) is 3.85. The maximum absolute atomic E-state index is 12.3. The Labute approximate surface area is 154 Å². The monoisotopic (exact) mass is 370 g/mol. The molecule has 0 radical (unpaired) electrons. The van der Waals surface area contributed by atoms with Crippen LogP contribution in [-0.4, -0.2) is 22.0 Å². The molecule has 0 spiro atoms. The first-order valence-corrected chi connectivity index (χ1v) is 8.14. The van der Waals surface area contributed by atoms with E-state index in [1.165, 1.54) is 12.1 Å². The van der Waals surface area contributed by atoms with Gasteiger partial charge in [-0.2, -0.15) is 0 Å². The van der Waals surface area contributed by atoms with E-state index >= 15 is 0 Å². The molecular formula is C18H15ClN4O3. The van der Waals surface area contributed by atoms with Gasteiger partial charge in [-0.3, -0.25) is 9.59 Å². The number of rotatable bonds is 5. The molecule has 0 saturated heterocycles. The Morgan fingerprint density at radius 2 is 1.81 bits per heavy atom. The highest BCUT2D eigenvalue weighted by molar-refractivity contribution is 6.31. The summed E-state index contributed by atoms with van der Waals surface area (Å²) in [5.41, 5.74) is 1.01. The number of pyridine rings is 1. The quantitative estimate of drug-likeness (QED) is 0.718. The molecule has 3 aromatic rings. The van der Waals surface area contributed by atoms with E-state index in [0.717, 1.165) is 5.56 Å². The van der Waals surface area contributed by atoms with Gasteiger partial charge in [-0.25, -0.2) is 4.98 Å². The average Bonchev–Trinajstić information content (AvgIpc) is 3.05. The number of carbonyl (C=O) groups is 2. The van der Waals surface area contributed by atoms with Crippen LogP contribution in [0.4, 0.5) is 5.82 Å². The van der Waals surface area contributed by atoms with Crippen molar-refractivity contribution in [3.05, 3.63) is 76.3 Å². The summed E-state index contributed by atoms with van der Waals surface area (Å²) in [4.78, 5) is 28.6. The molecule has 2 aromatic heterocycles. The van der Waals surface area contributed by atoms with Crippen LogP contribution in [0.1, 0.15) is 32.3 Å². The van der Waals surface area contributed by atoms with E-state index < -0.39 is 11.8 Å². The lowest BCUT2D eigenvalue weighted by Crippen LogP contribution is -2.25. The van der Waals surface area contributed by atoms with Gasteiger partial charge in [-0.05, 0) is 30.7 Å². The zero-order chi connectivity index (χ0) is 18.5. The highest BCUT2D eigenvalue weighted by atomic mass is 35.5. The maximum Gasteiger partial charge on any atom is 0.275 e. The number of aryl methyl sites for hydroxylation is 1. The number of nitrogens with zero attached hydrogens (tertiary/aromatic N) is 2. The van der Waals surface area contributed by atoms with Gasteiger partial charge in [-0.15, -0.1) is 0 Å². The van der Waals surface area contributed by atoms with Gasteiger partial charge in [0.05, 0.1) is 0 Å². The zero-order valence-electron chi connectivity index (χ0n) is 13.8. The summed E-state index contributed by atoms with van der Waals surface area (Å²) in [5, 5.41) is 9.54. The molecule has 2 N–H and O–H groups in total. The van der Waals surface area contributed by atoms with Crippen LogP contribution in [0.3, 0.4) is 0 Å². The molecule has 0 fully saturated rings. The van der Waals surface area contributed by atoms with E-state index in [2.05, 4.69) is 20.8 Å². The summed E-state index contributed by atoms with van der Waals surface area (Å²) in [6.45, 7) is 1.97. The van der Waals surface area contributed by atoms with Crippen LogP contribution in [0.2, 0.25) is 5.02 Å². The van der Waals surface area contributed by atoms with Crippen LogP contribution in [0.5, 0.6) is 0 Å². The second-order valence-corrected chi connectivity index (χ2v) is 5.87. The first kappa shape index (κ1) is 17.6. The molecule has 0 saturated carbocycles. The van der Waals surface area contributed by atoms with Crippen LogP contribution in [0, 0.1) is 6.92 Å². The SMILES string of the molecule is Cc1cc(NC(=O)c2cccc(C(=O)NCc3ccccc3Cl)n2)no1. The summed E-state index contributed by atoms with van der Waals surface area (Å²) in [6.07, 6.45) is 0. The van der Waals surface area contributed by atoms with Crippen molar-refractivity contribution in [3.8, 4) is 0 Å². The Balaban J connectivity index is 1.67. The molecule has 0 unspecified atom stereocenters. The Morgan fingerprint density at radius 1 is 1.08 bits per heavy atom. The lowest BCUT2D eigenvalue weighted by Gasteiger charge is -2.07. The molecule has 0 bridgehead atoms. The van der Waals surface area contributed by atoms with Crippen LogP contribution in [-0.2, 0) is 6.54 Å². The average molecular weight is 371 g/mol. The Bertz CT molecular complexity index is 955. The molecule has 132 valence electrons. The Morgan fingerprint density at radius 3 is 2.50 bits per heavy atom.